The molecule has 0 spiro atoms. The molecule has 1 fully saturated rings. The lowest BCUT2D eigenvalue weighted by atomic mass is 10.0. The molecule has 3 rings (SSSR count). The van der Waals surface area contributed by atoms with Crippen LogP contribution in [0.15, 0.2) is 29.6 Å². The summed E-state index contributed by atoms with van der Waals surface area (Å²) in [5, 5.41) is 10.8. The Morgan fingerprint density at radius 3 is 2.54 bits per heavy atom. The van der Waals surface area contributed by atoms with E-state index >= 15 is 0 Å². The number of nitrogens with zero attached hydrogens (tertiary/aromatic N) is 3. The molecule has 0 atom stereocenters. The third-order valence-corrected chi connectivity index (χ3v) is 6.06. The van der Waals surface area contributed by atoms with Crippen molar-refractivity contribution in [2.24, 2.45) is 0 Å². The Balaban J connectivity index is 1.61. The van der Waals surface area contributed by atoms with Crippen molar-refractivity contribution in [2.45, 2.75) is 18.9 Å². The van der Waals surface area contributed by atoms with Crippen LogP contribution in [-0.2, 0) is 14.3 Å². The van der Waals surface area contributed by atoms with E-state index in [4.69, 9.17) is 19.9 Å². The first-order chi connectivity index (χ1) is 13.5. The van der Waals surface area contributed by atoms with Gasteiger partial charge in [-0.05, 0) is 25.0 Å². The van der Waals surface area contributed by atoms with Crippen molar-refractivity contribution < 1.29 is 14.3 Å². The van der Waals surface area contributed by atoms with E-state index in [1.165, 1.54) is 14.2 Å². The summed E-state index contributed by atoms with van der Waals surface area (Å²) in [5.41, 5.74) is 2.71. The average molecular weight is 403 g/mol. The second-order valence-electron chi connectivity index (χ2n) is 6.82. The van der Waals surface area contributed by atoms with E-state index in [-0.39, 0.29) is 11.9 Å². The van der Waals surface area contributed by atoms with Crippen molar-refractivity contribution in [2.75, 3.05) is 45.8 Å². The number of hydrogen-bond donors (Lipinski definition) is 1. The number of likely N-dealkylation sites (tertiary alicyclic amines) is 1. The van der Waals surface area contributed by atoms with Crippen molar-refractivity contribution >= 4 is 28.3 Å². The Morgan fingerprint density at radius 1 is 1.25 bits per heavy atom. The lowest BCUT2D eigenvalue weighted by Crippen LogP contribution is -2.45. The van der Waals surface area contributed by atoms with Gasteiger partial charge in [0.25, 0.3) is 0 Å². The first-order valence-electron chi connectivity index (χ1n) is 9.22. The lowest BCUT2D eigenvalue weighted by molar-refractivity contribution is -0.142. The fourth-order valence-electron chi connectivity index (χ4n) is 3.34. The standard InChI is InChI=1S/C20H26N4O3S/c1-23(16-8-10-24(11-9-16)12-18(25)26-2)20-22-17(13-28-20)14-4-6-15(7-5-14)19(21)27-3/h4-7,13,16,21H,8-12H2,1-3H3. The molecule has 2 heterocycles. The second kappa shape index (κ2) is 9.16. The first kappa shape index (κ1) is 20.3. The number of carbonyl (C=O) groups excluding carboxylic acids is 1. The summed E-state index contributed by atoms with van der Waals surface area (Å²) in [6.07, 6.45) is 1.99. The van der Waals surface area contributed by atoms with Crippen molar-refractivity contribution in [3.8, 4) is 11.3 Å². The van der Waals surface area contributed by atoms with Gasteiger partial charge in [-0.3, -0.25) is 15.1 Å². The van der Waals surface area contributed by atoms with Gasteiger partial charge in [0, 0.05) is 42.7 Å². The van der Waals surface area contributed by atoms with Gasteiger partial charge in [-0.2, -0.15) is 0 Å². The number of hydrogen-bond acceptors (Lipinski definition) is 8. The normalized spacial score (nSPS) is 15.2. The average Bonchev–Trinajstić information content (AvgIpc) is 3.23. The summed E-state index contributed by atoms with van der Waals surface area (Å²) in [7, 11) is 5.02. The van der Waals surface area contributed by atoms with Crippen molar-refractivity contribution in [3.63, 3.8) is 0 Å². The van der Waals surface area contributed by atoms with Crippen LogP contribution in [0.2, 0.25) is 0 Å². The van der Waals surface area contributed by atoms with Crippen LogP contribution in [-0.4, -0.2) is 68.7 Å². The highest BCUT2D eigenvalue weighted by Gasteiger charge is 2.25. The molecule has 0 radical (unpaired) electrons. The zero-order valence-corrected chi connectivity index (χ0v) is 17.3. The summed E-state index contributed by atoms with van der Waals surface area (Å²) in [4.78, 5) is 20.6. The molecule has 0 bridgehead atoms. The minimum absolute atomic E-state index is 0.156. The topological polar surface area (TPSA) is 78.8 Å². The van der Waals surface area contributed by atoms with Crippen LogP contribution >= 0.6 is 11.3 Å². The van der Waals surface area contributed by atoms with Crippen LogP contribution < -0.4 is 4.90 Å². The van der Waals surface area contributed by atoms with E-state index in [1.807, 2.05) is 24.3 Å². The van der Waals surface area contributed by atoms with Crippen LogP contribution in [0.25, 0.3) is 11.3 Å². The summed E-state index contributed by atoms with van der Waals surface area (Å²) < 4.78 is 9.70. The Kier molecular flexibility index (Phi) is 6.64. The van der Waals surface area contributed by atoms with Crippen LogP contribution in [0, 0.1) is 5.41 Å². The number of piperidine rings is 1. The first-order valence-corrected chi connectivity index (χ1v) is 10.1. The van der Waals surface area contributed by atoms with E-state index in [0.717, 1.165) is 47.9 Å². The molecule has 28 heavy (non-hydrogen) atoms. The highest BCUT2D eigenvalue weighted by molar-refractivity contribution is 7.14. The molecule has 1 saturated heterocycles. The third kappa shape index (κ3) is 4.69. The van der Waals surface area contributed by atoms with Crippen molar-refractivity contribution in [3.05, 3.63) is 35.2 Å². The number of thiazole rings is 1. The number of aromatic nitrogens is 1. The molecule has 1 aliphatic rings. The zero-order chi connectivity index (χ0) is 20.1. The molecule has 8 heteroatoms. The highest BCUT2D eigenvalue weighted by Crippen LogP contribution is 2.30. The van der Waals surface area contributed by atoms with Gasteiger partial charge in [-0.1, -0.05) is 12.1 Å². The van der Waals surface area contributed by atoms with Gasteiger partial charge >= 0.3 is 5.97 Å². The van der Waals surface area contributed by atoms with Gasteiger partial charge in [-0.25, -0.2) is 4.98 Å². The third-order valence-electron chi connectivity index (χ3n) is 5.13. The molecule has 0 unspecified atom stereocenters. The van der Waals surface area contributed by atoms with Crippen molar-refractivity contribution in [1.82, 2.24) is 9.88 Å². The van der Waals surface area contributed by atoms with Crippen LogP contribution in [0.1, 0.15) is 18.4 Å². The van der Waals surface area contributed by atoms with Crippen LogP contribution in [0.5, 0.6) is 0 Å². The number of esters is 1. The number of rotatable bonds is 6. The minimum Gasteiger partial charge on any atom is -0.481 e. The highest BCUT2D eigenvalue weighted by atomic mass is 32.1. The molecule has 0 amide bonds. The van der Waals surface area contributed by atoms with Gasteiger partial charge in [0.05, 0.1) is 26.5 Å². The van der Waals surface area contributed by atoms with Gasteiger partial charge in [-0.15, -0.1) is 11.3 Å². The fourth-order valence-corrected chi connectivity index (χ4v) is 4.21. The molecule has 1 aromatic heterocycles. The number of nitrogens with one attached hydrogen (secondary N) is 1. The minimum atomic E-state index is -0.178. The summed E-state index contributed by atoms with van der Waals surface area (Å²) >= 11 is 1.64. The van der Waals surface area contributed by atoms with Crippen LogP contribution in [0.3, 0.4) is 0 Å². The number of benzene rings is 1. The Hall–Kier alpha value is -2.45. The molecular formula is C20H26N4O3S. The van der Waals surface area contributed by atoms with Crippen LogP contribution in [0.4, 0.5) is 5.13 Å². The smallest absolute Gasteiger partial charge is 0.319 e. The van der Waals surface area contributed by atoms with Gasteiger partial charge in [0.15, 0.2) is 5.13 Å². The second-order valence-corrected chi connectivity index (χ2v) is 7.66. The maximum Gasteiger partial charge on any atom is 0.319 e. The Labute approximate surface area is 169 Å². The molecule has 0 aliphatic carbocycles. The van der Waals surface area contributed by atoms with Gasteiger partial charge in [0.2, 0.25) is 5.90 Å². The van der Waals surface area contributed by atoms with E-state index in [2.05, 4.69) is 22.2 Å². The van der Waals surface area contributed by atoms with E-state index in [9.17, 15) is 4.79 Å². The summed E-state index contributed by atoms with van der Waals surface area (Å²) in [5.74, 6) is -0.0215. The maximum atomic E-state index is 11.4. The van der Waals surface area contributed by atoms with E-state index in [1.54, 1.807) is 11.3 Å². The SMILES string of the molecule is COC(=N)c1ccc(-c2csc(N(C)C3CCN(CC(=O)OC)CC3)n2)cc1. The molecule has 0 saturated carbocycles. The fraction of sp³-hybridized carbons (Fsp3) is 0.450. The molecular weight excluding hydrogens is 376 g/mol. The van der Waals surface area contributed by atoms with Crippen molar-refractivity contribution in [1.29, 1.82) is 5.41 Å². The van der Waals surface area contributed by atoms with Gasteiger partial charge in [0.1, 0.15) is 0 Å². The summed E-state index contributed by atoms with van der Waals surface area (Å²) in [6.45, 7) is 2.13. The molecule has 150 valence electrons. The Morgan fingerprint density at radius 2 is 1.93 bits per heavy atom. The van der Waals surface area contributed by atoms with E-state index in [0.29, 0.717) is 12.6 Å². The largest absolute Gasteiger partial charge is 0.481 e. The molecule has 7 nitrogen and oxygen atoms in total. The number of methoxy groups -OCH3 is 2. The van der Waals surface area contributed by atoms with Gasteiger partial charge < -0.3 is 14.4 Å². The monoisotopic (exact) mass is 402 g/mol. The zero-order valence-electron chi connectivity index (χ0n) is 16.5. The molecule has 2 aromatic rings. The molecule has 1 N–H and O–H groups in total. The molecule has 1 aliphatic heterocycles. The predicted octanol–water partition coefficient (Wildman–Crippen LogP) is 2.86. The quantitative estimate of drug-likeness (QED) is 0.455. The predicted molar refractivity (Wildman–Crippen MR) is 111 cm³/mol. The Bertz CT molecular complexity index is 813. The number of anilines is 1. The lowest BCUT2D eigenvalue weighted by Gasteiger charge is -2.36. The number of carbonyl (C=O) groups is 1. The van der Waals surface area contributed by atoms with E-state index < -0.39 is 0 Å². The maximum absolute atomic E-state index is 11.4. The summed E-state index contributed by atoms with van der Waals surface area (Å²) in [6, 6.07) is 8.10. The number of ether oxygens (including phenoxy) is 2. The molecule has 1 aromatic carbocycles.